The number of hydrogen-bond acceptors (Lipinski definition) is 2. The van der Waals surface area contributed by atoms with Crippen molar-refractivity contribution in [1.29, 1.82) is 0 Å². The second kappa shape index (κ2) is 6.70. The van der Waals surface area contributed by atoms with Crippen LogP contribution in [-0.4, -0.2) is 6.61 Å². The zero-order valence-electron chi connectivity index (χ0n) is 10.9. The Morgan fingerprint density at radius 1 is 1.20 bits per heavy atom. The molecule has 0 spiro atoms. The number of halogens is 3. The fourth-order valence-electron chi connectivity index (χ4n) is 1.76. The van der Waals surface area contributed by atoms with Crippen LogP contribution < -0.4 is 10.1 Å². The van der Waals surface area contributed by atoms with Crippen molar-refractivity contribution in [3.05, 3.63) is 58.1 Å². The number of hydrogen-bond donors (Lipinski definition) is 1. The van der Waals surface area contributed by atoms with Gasteiger partial charge in [-0.2, -0.15) is 8.78 Å². The number of ether oxygens (including phenoxy) is 1. The molecule has 2 aromatic carbocycles. The maximum absolute atomic E-state index is 12.3. The van der Waals surface area contributed by atoms with Gasteiger partial charge in [-0.05, 0) is 36.2 Å². The van der Waals surface area contributed by atoms with Gasteiger partial charge in [-0.3, -0.25) is 0 Å². The molecule has 0 amide bonds. The predicted octanol–water partition coefficient (Wildman–Crippen LogP) is 4.97. The van der Waals surface area contributed by atoms with Crippen LogP contribution in [0.5, 0.6) is 5.75 Å². The molecule has 0 saturated carbocycles. The van der Waals surface area contributed by atoms with Crippen LogP contribution in [0.1, 0.15) is 11.1 Å². The zero-order chi connectivity index (χ0) is 14.5. The van der Waals surface area contributed by atoms with Crippen LogP contribution in [0.4, 0.5) is 14.5 Å². The number of nitrogens with one attached hydrogen (secondary N) is 1. The van der Waals surface area contributed by atoms with Crippen LogP contribution in [0, 0.1) is 6.92 Å². The average molecular weight is 342 g/mol. The molecule has 0 bridgehead atoms. The summed E-state index contributed by atoms with van der Waals surface area (Å²) in [5.41, 5.74) is 2.74. The Balaban J connectivity index is 2.08. The van der Waals surface area contributed by atoms with Gasteiger partial charge in [0.05, 0.1) is 5.69 Å². The Bertz CT molecular complexity index is 590. The summed E-state index contributed by atoms with van der Waals surface area (Å²) in [4.78, 5) is 0. The second-order valence-corrected chi connectivity index (χ2v) is 5.17. The fraction of sp³-hybridized carbons (Fsp3) is 0.200. The molecule has 0 radical (unpaired) electrons. The van der Waals surface area contributed by atoms with Gasteiger partial charge in [0.2, 0.25) is 0 Å². The first-order chi connectivity index (χ1) is 9.56. The largest absolute Gasteiger partial charge is 0.433 e. The highest BCUT2D eigenvalue weighted by Crippen LogP contribution is 2.26. The topological polar surface area (TPSA) is 21.3 Å². The summed E-state index contributed by atoms with van der Waals surface area (Å²) in [6.45, 7) is -0.290. The lowest BCUT2D eigenvalue weighted by Crippen LogP contribution is -2.06. The Kier molecular flexibility index (Phi) is 4.95. The van der Waals surface area contributed by atoms with E-state index in [1.54, 1.807) is 18.2 Å². The molecule has 0 aromatic heterocycles. The average Bonchev–Trinajstić information content (AvgIpc) is 2.41. The second-order valence-electron chi connectivity index (χ2n) is 4.31. The maximum atomic E-state index is 12.3. The van der Waals surface area contributed by atoms with Gasteiger partial charge < -0.3 is 10.1 Å². The van der Waals surface area contributed by atoms with Crippen LogP contribution in [0.3, 0.4) is 0 Å². The SMILES string of the molecule is Cc1ccc(CNc2ccccc2OC(F)F)cc1Br. The standard InChI is InChI=1S/C15H14BrF2NO/c1-10-6-7-11(8-12(10)16)9-19-13-4-2-3-5-14(13)20-15(17)18/h2-8,15,19H,9H2,1H3. The minimum Gasteiger partial charge on any atom is -0.433 e. The molecule has 106 valence electrons. The number of para-hydroxylation sites is 2. The number of rotatable bonds is 5. The predicted molar refractivity (Wildman–Crippen MR) is 79.3 cm³/mol. The molecule has 0 aliphatic carbocycles. The van der Waals surface area contributed by atoms with Crippen LogP contribution in [-0.2, 0) is 6.54 Å². The molecule has 0 saturated heterocycles. The van der Waals surface area contributed by atoms with Crippen molar-refractivity contribution in [3.63, 3.8) is 0 Å². The molecule has 1 N–H and O–H groups in total. The van der Waals surface area contributed by atoms with Crippen LogP contribution in [0.2, 0.25) is 0 Å². The van der Waals surface area contributed by atoms with E-state index in [1.165, 1.54) is 6.07 Å². The van der Waals surface area contributed by atoms with E-state index in [9.17, 15) is 8.78 Å². The van der Waals surface area contributed by atoms with Gasteiger partial charge in [0.25, 0.3) is 0 Å². The van der Waals surface area contributed by atoms with E-state index in [2.05, 4.69) is 26.0 Å². The van der Waals surface area contributed by atoms with Crippen LogP contribution in [0.25, 0.3) is 0 Å². The van der Waals surface area contributed by atoms with Crippen molar-refractivity contribution in [2.45, 2.75) is 20.1 Å². The van der Waals surface area contributed by atoms with E-state index >= 15 is 0 Å². The summed E-state index contributed by atoms with van der Waals surface area (Å²) in [6.07, 6.45) is 0. The summed E-state index contributed by atoms with van der Waals surface area (Å²) in [5.74, 6) is 0.147. The van der Waals surface area contributed by atoms with Crippen LogP contribution >= 0.6 is 15.9 Å². The molecule has 2 aromatic rings. The third-order valence-electron chi connectivity index (χ3n) is 2.82. The number of benzene rings is 2. The van der Waals surface area contributed by atoms with Crippen molar-refractivity contribution in [3.8, 4) is 5.75 Å². The fourth-order valence-corrected chi connectivity index (χ4v) is 2.18. The Morgan fingerprint density at radius 2 is 1.95 bits per heavy atom. The van der Waals surface area contributed by atoms with Gasteiger partial charge in [0, 0.05) is 11.0 Å². The lowest BCUT2D eigenvalue weighted by atomic mass is 10.1. The third-order valence-corrected chi connectivity index (χ3v) is 3.68. The summed E-state index contributed by atoms with van der Waals surface area (Å²) in [7, 11) is 0. The van der Waals surface area contributed by atoms with Gasteiger partial charge in [0.15, 0.2) is 0 Å². The van der Waals surface area contributed by atoms with Crippen LogP contribution in [0.15, 0.2) is 46.9 Å². The minimum atomic E-state index is -2.83. The van der Waals surface area contributed by atoms with E-state index in [0.717, 1.165) is 15.6 Å². The van der Waals surface area contributed by atoms with Crippen molar-refractivity contribution < 1.29 is 13.5 Å². The summed E-state index contributed by atoms with van der Waals surface area (Å²) in [6, 6.07) is 12.6. The van der Waals surface area contributed by atoms with E-state index in [4.69, 9.17) is 0 Å². The lowest BCUT2D eigenvalue weighted by molar-refractivity contribution is -0.0493. The lowest BCUT2D eigenvalue weighted by Gasteiger charge is -2.13. The van der Waals surface area contributed by atoms with E-state index < -0.39 is 6.61 Å². The van der Waals surface area contributed by atoms with Crippen molar-refractivity contribution in [2.24, 2.45) is 0 Å². The van der Waals surface area contributed by atoms with Crippen molar-refractivity contribution in [1.82, 2.24) is 0 Å². The Hall–Kier alpha value is -1.62. The van der Waals surface area contributed by atoms with Crippen molar-refractivity contribution >= 4 is 21.6 Å². The molecule has 20 heavy (non-hydrogen) atoms. The molecule has 0 aliphatic rings. The zero-order valence-corrected chi connectivity index (χ0v) is 12.5. The van der Waals surface area contributed by atoms with Gasteiger partial charge in [-0.15, -0.1) is 0 Å². The highest BCUT2D eigenvalue weighted by Gasteiger charge is 2.08. The van der Waals surface area contributed by atoms with Gasteiger partial charge in [-0.1, -0.05) is 40.2 Å². The molecular weight excluding hydrogens is 328 g/mol. The summed E-state index contributed by atoms with van der Waals surface area (Å²) >= 11 is 3.47. The summed E-state index contributed by atoms with van der Waals surface area (Å²) < 4.78 is 30.1. The normalized spacial score (nSPS) is 10.7. The summed E-state index contributed by atoms with van der Waals surface area (Å²) in [5, 5.41) is 3.10. The molecule has 0 fully saturated rings. The number of aryl methyl sites for hydroxylation is 1. The molecule has 0 atom stereocenters. The number of anilines is 1. The molecule has 5 heteroatoms. The highest BCUT2D eigenvalue weighted by atomic mass is 79.9. The molecule has 0 aliphatic heterocycles. The molecule has 2 nitrogen and oxygen atoms in total. The smallest absolute Gasteiger partial charge is 0.387 e. The van der Waals surface area contributed by atoms with E-state index in [-0.39, 0.29) is 5.75 Å². The maximum Gasteiger partial charge on any atom is 0.387 e. The Morgan fingerprint density at radius 3 is 2.65 bits per heavy atom. The highest BCUT2D eigenvalue weighted by molar-refractivity contribution is 9.10. The first-order valence-corrected chi connectivity index (χ1v) is 6.88. The van der Waals surface area contributed by atoms with E-state index in [0.29, 0.717) is 12.2 Å². The molecule has 0 unspecified atom stereocenters. The van der Waals surface area contributed by atoms with Gasteiger partial charge >= 0.3 is 6.61 Å². The quantitative estimate of drug-likeness (QED) is 0.828. The van der Waals surface area contributed by atoms with Gasteiger partial charge in [0.1, 0.15) is 5.75 Å². The van der Waals surface area contributed by atoms with E-state index in [1.807, 2.05) is 25.1 Å². The molecular formula is C15H14BrF2NO. The monoisotopic (exact) mass is 341 g/mol. The molecule has 0 heterocycles. The first-order valence-electron chi connectivity index (χ1n) is 6.09. The molecule has 2 rings (SSSR count). The minimum absolute atomic E-state index is 0.147. The third kappa shape index (κ3) is 3.93. The van der Waals surface area contributed by atoms with Gasteiger partial charge in [-0.25, -0.2) is 0 Å². The first kappa shape index (κ1) is 14.8. The number of alkyl halides is 2. The van der Waals surface area contributed by atoms with Crippen molar-refractivity contribution in [2.75, 3.05) is 5.32 Å². The Labute approximate surface area is 124 Å².